The van der Waals surface area contributed by atoms with E-state index in [1.54, 1.807) is 18.3 Å². The molecule has 0 N–H and O–H groups in total. The van der Waals surface area contributed by atoms with Crippen LogP contribution in [0.3, 0.4) is 0 Å². The molecule has 2 rings (SSSR count). The minimum absolute atomic E-state index is 0.0650. The number of hydrogen-bond acceptors (Lipinski definition) is 2. The first-order chi connectivity index (χ1) is 7.74. The molecule has 82 valence electrons. The maximum absolute atomic E-state index is 13.4. The smallest absolute Gasteiger partial charge is 0.266 e. The number of aryl methyl sites for hydroxylation is 1. The molecule has 1 aromatic heterocycles. The highest BCUT2D eigenvalue weighted by Gasteiger charge is 2.15. The molecule has 2 aromatic rings. The fourth-order valence-electron chi connectivity index (χ4n) is 1.55. The average Bonchev–Trinajstić information content (AvgIpc) is 2.77. The molecule has 0 atom stereocenters. The van der Waals surface area contributed by atoms with Crippen molar-refractivity contribution < 1.29 is 9.18 Å². The molecule has 0 bridgehead atoms. The molecule has 3 nitrogen and oxygen atoms in total. The van der Waals surface area contributed by atoms with Crippen molar-refractivity contribution in [3.8, 4) is 0 Å². The second-order valence-electron chi connectivity index (χ2n) is 3.35. The summed E-state index contributed by atoms with van der Waals surface area (Å²) in [5.74, 6) is -0.260. The Morgan fingerprint density at radius 3 is 2.88 bits per heavy atom. The molecule has 1 heterocycles. The van der Waals surface area contributed by atoms with Crippen LogP contribution in [-0.2, 0) is 6.42 Å². The average molecular weight is 218 g/mol. The first-order valence-electron chi connectivity index (χ1n) is 5.05. The summed E-state index contributed by atoms with van der Waals surface area (Å²) < 4.78 is 14.8. The van der Waals surface area contributed by atoms with Crippen LogP contribution in [0.5, 0.6) is 0 Å². The lowest BCUT2D eigenvalue weighted by Gasteiger charge is -2.05. The van der Waals surface area contributed by atoms with E-state index < -0.39 is 5.82 Å². The van der Waals surface area contributed by atoms with Crippen LogP contribution in [0.2, 0.25) is 0 Å². The lowest BCUT2D eigenvalue weighted by Crippen LogP contribution is -2.15. The number of nitrogens with zero attached hydrogens (tertiary/aromatic N) is 2. The third-order valence-electron chi connectivity index (χ3n) is 2.36. The zero-order chi connectivity index (χ0) is 11.5. The fourth-order valence-corrected chi connectivity index (χ4v) is 1.55. The predicted octanol–water partition coefficient (Wildman–Crippen LogP) is 2.27. The van der Waals surface area contributed by atoms with Crippen LogP contribution in [0.4, 0.5) is 4.39 Å². The second-order valence-corrected chi connectivity index (χ2v) is 3.35. The number of hydrogen-bond donors (Lipinski definition) is 0. The number of imidazole rings is 1. The lowest BCUT2D eigenvalue weighted by molar-refractivity contribution is 0.0952. The standard InChI is InChI=1S/C12H11FN2O/c1-2-11-14-7-8-15(11)12(16)9-5-3-4-6-10(9)13/h3-8H,2H2,1H3. The first-order valence-corrected chi connectivity index (χ1v) is 5.05. The van der Waals surface area contributed by atoms with Crippen LogP contribution in [-0.4, -0.2) is 15.5 Å². The highest BCUT2D eigenvalue weighted by molar-refractivity contribution is 5.96. The van der Waals surface area contributed by atoms with Crippen LogP contribution in [0.15, 0.2) is 36.7 Å². The topological polar surface area (TPSA) is 34.9 Å². The molecular formula is C12H11FN2O. The van der Waals surface area contributed by atoms with Gasteiger partial charge in [-0.1, -0.05) is 19.1 Å². The highest BCUT2D eigenvalue weighted by Crippen LogP contribution is 2.10. The summed E-state index contributed by atoms with van der Waals surface area (Å²) in [6.45, 7) is 1.90. The zero-order valence-electron chi connectivity index (χ0n) is 8.85. The molecule has 0 unspecified atom stereocenters. The fraction of sp³-hybridized carbons (Fsp3) is 0.167. The second kappa shape index (κ2) is 4.26. The van der Waals surface area contributed by atoms with Gasteiger partial charge in [-0.05, 0) is 12.1 Å². The monoisotopic (exact) mass is 218 g/mol. The van der Waals surface area contributed by atoms with Gasteiger partial charge in [-0.2, -0.15) is 0 Å². The predicted molar refractivity (Wildman–Crippen MR) is 57.7 cm³/mol. The Morgan fingerprint density at radius 2 is 2.19 bits per heavy atom. The molecule has 0 aliphatic rings. The first kappa shape index (κ1) is 10.5. The van der Waals surface area contributed by atoms with E-state index in [4.69, 9.17) is 0 Å². The number of aromatic nitrogens is 2. The van der Waals surface area contributed by atoms with Crippen molar-refractivity contribution in [3.63, 3.8) is 0 Å². The maximum Gasteiger partial charge on any atom is 0.266 e. The third-order valence-corrected chi connectivity index (χ3v) is 2.36. The van der Waals surface area contributed by atoms with E-state index in [1.807, 2.05) is 6.92 Å². The van der Waals surface area contributed by atoms with E-state index in [0.29, 0.717) is 12.2 Å². The van der Waals surface area contributed by atoms with Crippen LogP contribution in [0, 0.1) is 5.82 Å². The summed E-state index contributed by atoms with van der Waals surface area (Å²) in [7, 11) is 0. The van der Waals surface area contributed by atoms with E-state index in [-0.39, 0.29) is 11.5 Å². The van der Waals surface area contributed by atoms with Crippen molar-refractivity contribution in [1.82, 2.24) is 9.55 Å². The van der Waals surface area contributed by atoms with Crippen LogP contribution in [0.25, 0.3) is 0 Å². The number of carbonyl (C=O) groups excluding carboxylic acids is 1. The molecule has 4 heteroatoms. The third kappa shape index (κ3) is 1.74. The summed E-state index contributed by atoms with van der Waals surface area (Å²) in [4.78, 5) is 16.0. The van der Waals surface area contributed by atoms with Crippen LogP contribution < -0.4 is 0 Å². The van der Waals surface area contributed by atoms with Gasteiger partial charge in [0.25, 0.3) is 5.91 Å². The van der Waals surface area contributed by atoms with Gasteiger partial charge in [0.05, 0.1) is 5.56 Å². The Morgan fingerprint density at radius 1 is 1.44 bits per heavy atom. The van der Waals surface area contributed by atoms with E-state index >= 15 is 0 Å². The van der Waals surface area contributed by atoms with Gasteiger partial charge in [-0.25, -0.2) is 9.37 Å². The van der Waals surface area contributed by atoms with Gasteiger partial charge < -0.3 is 0 Å². The number of carbonyl (C=O) groups is 1. The minimum atomic E-state index is -0.511. The van der Waals surface area contributed by atoms with Crippen LogP contribution >= 0.6 is 0 Å². The molecule has 1 aromatic carbocycles. The Hall–Kier alpha value is -1.97. The van der Waals surface area contributed by atoms with Gasteiger partial charge in [0.2, 0.25) is 0 Å². The van der Waals surface area contributed by atoms with Gasteiger partial charge >= 0.3 is 0 Å². The Bertz CT molecular complexity index is 519. The summed E-state index contributed by atoms with van der Waals surface area (Å²) in [6, 6.07) is 5.94. The van der Waals surface area contributed by atoms with Gasteiger partial charge in [0, 0.05) is 18.8 Å². The lowest BCUT2D eigenvalue weighted by atomic mass is 10.2. The molecular weight excluding hydrogens is 207 g/mol. The van der Waals surface area contributed by atoms with E-state index in [2.05, 4.69) is 4.98 Å². The maximum atomic E-state index is 13.4. The van der Waals surface area contributed by atoms with Gasteiger partial charge in [0.1, 0.15) is 11.6 Å². The molecule has 0 saturated heterocycles. The summed E-state index contributed by atoms with van der Waals surface area (Å²) in [5.41, 5.74) is 0.0650. The molecule has 0 spiro atoms. The van der Waals surface area contributed by atoms with Crippen molar-refractivity contribution in [2.24, 2.45) is 0 Å². The Kier molecular flexibility index (Phi) is 2.81. The quantitative estimate of drug-likeness (QED) is 0.775. The SMILES string of the molecule is CCc1nccn1C(=O)c1ccccc1F. The zero-order valence-corrected chi connectivity index (χ0v) is 8.85. The number of halogens is 1. The highest BCUT2D eigenvalue weighted by atomic mass is 19.1. The number of rotatable bonds is 2. The normalized spacial score (nSPS) is 10.4. The van der Waals surface area contributed by atoms with Crippen LogP contribution in [0.1, 0.15) is 23.1 Å². The minimum Gasteiger partial charge on any atom is -0.269 e. The van der Waals surface area contributed by atoms with E-state index in [0.717, 1.165) is 0 Å². The molecule has 0 amide bonds. The van der Waals surface area contributed by atoms with Crippen molar-refractivity contribution in [3.05, 3.63) is 53.9 Å². The molecule has 0 fully saturated rings. The largest absolute Gasteiger partial charge is 0.269 e. The van der Waals surface area contributed by atoms with Crippen molar-refractivity contribution in [1.29, 1.82) is 0 Å². The molecule has 0 saturated carbocycles. The molecule has 0 radical (unpaired) electrons. The van der Waals surface area contributed by atoms with E-state index in [9.17, 15) is 9.18 Å². The van der Waals surface area contributed by atoms with Gasteiger partial charge in [-0.3, -0.25) is 9.36 Å². The van der Waals surface area contributed by atoms with Crippen molar-refractivity contribution in [2.75, 3.05) is 0 Å². The summed E-state index contributed by atoms with van der Waals surface area (Å²) in [5, 5.41) is 0. The Labute approximate surface area is 92.5 Å². The van der Waals surface area contributed by atoms with Crippen molar-refractivity contribution >= 4 is 5.91 Å². The Balaban J connectivity index is 2.44. The van der Waals surface area contributed by atoms with Crippen molar-refractivity contribution in [2.45, 2.75) is 13.3 Å². The van der Waals surface area contributed by atoms with Gasteiger partial charge in [0.15, 0.2) is 0 Å². The molecule has 16 heavy (non-hydrogen) atoms. The summed E-state index contributed by atoms with van der Waals surface area (Å²) in [6.07, 6.45) is 3.72. The molecule has 0 aliphatic carbocycles. The van der Waals surface area contributed by atoms with Gasteiger partial charge in [-0.15, -0.1) is 0 Å². The number of benzene rings is 1. The summed E-state index contributed by atoms with van der Waals surface area (Å²) >= 11 is 0. The van der Waals surface area contributed by atoms with E-state index in [1.165, 1.54) is 22.9 Å². The molecule has 0 aliphatic heterocycles.